The average Bonchev–Trinajstić information content (AvgIpc) is 3.15. The summed E-state index contributed by atoms with van der Waals surface area (Å²) in [6.07, 6.45) is 6.74. The summed E-state index contributed by atoms with van der Waals surface area (Å²) < 4.78 is 12.1. The van der Waals surface area contributed by atoms with Crippen molar-refractivity contribution in [1.29, 1.82) is 0 Å². The Morgan fingerprint density at radius 1 is 1.00 bits per heavy atom. The standard InChI is InChI=1S/C24H31N3O2/c1-24(2,3)29-20-10-6-18(7-11-20)25-15-17-4-8-19(9-5-17)28-21-12-13-22-23(14-21)27-16-26-22/h4-5,8-9,12-14,16,18,20,25H,6-7,10-11,15H2,1-3H3,(H,26,27)/t18-,20+. The zero-order valence-electron chi connectivity index (χ0n) is 17.6. The van der Waals surface area contributed by atoms with Crippen molar-refractivity contribution in [3.63, 3.8) is 0 Å². The molecule has 1 aromatic heterocycles. The molecule has 3 aromatic rings. The van der Waals surface area contributed by atoms with E-state index in [1.807, 2.05) is 30.3 Å². The van der Waals surface area contributed by atoms with Gasteiger partial charge >= 0.3 is 0 Å². The van der Waals surface area contributed by atoms with Crippen molar-refractivity contribution in [2.45, 2.75) is 70.7 Å². The van der Waals surface area contributed by atoms with Gasteiger partial charge in [-0.05, 0) is 76.3 Å². The topological polar surface area (TPSA) is 59.2 Å². The van der Waals surface area contributed by atoms with Gasteiger partial charge in [-0.2, -0.15) is 0 Å². The quantitative estimate of drug-likeness (QED) is 0.575. The lowest BCUT2D eigenvalue weighted by atomic mass is 9.92. The molecule has 1 heterocycles. The first-order valence-corrected chi connectivity index (χ1v) is 10.6. The summed E-state index contributed by atoms with van der Waals surface area (Å²) in [4.78, 5) is 7.34. The van der Waals surface area contributed by atoms with Gasteiger partial charge in [0.15, 0.2) is 0 Å². The molecule has 5 heteroatoms. The molecule has 0 unspecified atom stereocenters. The summed E-state index contributed by atoms with van der Waals surface area (Å²) in [5, 5.41) is 3.70. The van der Waals surface area contributed by atoms with E-state index in [0.29, 0.717) is 12.1 Å². The zero-order chi connectivity index (χ0) is 20.3. The Labute approximate surface area is 172 Å². The minimum Gasteiger partial charge on any atom is -0.457 e. The molecule has 1 fully saturated rings. The van der Waals surface area contributed by atoms with Crippen LogP contribution in [0.2, 0.25) is 0 Å². The lowest BCUT2D eigenvalue weighted by molar-refractivity contribution is -0.0759. The summed E-state index contributed by atoms with van der Waals surface area (Å²) in [6, 6.07) is 14.8. The van der Waals surface area contributed by atoms with Gasteiger partial charge in [0.1, 0.15) is 11.5 Å². The molecule has 29 heavy (non-hydrogen) atoms. The largest absolute Gasteiger partial charge is 0.457 e. The molecule has 154 valence electrons. The van der Waals surface area contributed by atoms with E-state index >= 15 is 0 Å². The minimum atomic E-state index is -0.0428. The Hall–Kier alpha value is -2.37. The van der Waals surface area contributed by atoms with Crippen molar-refractivity contribution in [3.05, 3.63) is 54.4 Å². The van der Waals surface area contributed by atoms with Crippen LogP contribution in [0.1, 0.15) is 52.0 Å². The number of rotatable bonds is 6. The van der Waals surface area contributed by atoms with Crippen LogP contribution in [0.4, 0.5) is 0 Å². The van der Waals surface area contributed by atoms with Gasteiger partial charge < -0.3 is 19.8 Å². The van der Waals surface area contributed by atoms with Gasteiger partial charge in [0, 0.05) is 18.7 Å². The highest BCUT2D eigenvalue weighted by Gasteiger charge is 2.25. The minimum absolute atomic E-state index is 0.0428. The molecule has 0 radical (unpaired) electrons. The molecule has 0 aliphatic heterocycles. The first-order chi connectivity index (χ1) is 13.9. The normalized spacial score (nSPS) is 20.1. The Bertz CT molecular complexity index is 919. The molecule has 2 N–H and O–H groups in total. The van der Waals surface area contributed by atoms with E-state index in [2.05, 4.69) is 48.2 Å². The summed E-state index contributed by atoms with van der Waals surface area (Å²) in [6.45, 7) is 7.30. The van der Waals surface area contributed by atoms with Crippen LogP contribution >= 0.6 is 0 Å². The first-order valence-electron chi connectivity index (χ1n) is 10.6. The number of benzene rings is 2. The molecule has 0 spiro atoms. The first kappa shape index (κ1) is 19.9. The number of hydrogen-bond acceptors (Lipinski definition) is 4. The van der Waals surface area contributed by atoms with Crippen molar-refractivity contribution in [2.24, 2.45) is 0 Å². The molecule has 0 amide bonds. The Morgan fingerprint density at radius 3 is 2.45 bits per heavy atom. The second-order valence-electron chi connectivity index (χ2n) is 8.91. The molecule has 1 saturated carbocycles. The van der Waals surface area contributed by atoms with Gasteiger partial charge in [0.05, 0.1) is 29.1 Å². The molecule has 1 aliphatic carbocycles. The maximum absolute atomic E-state index is 6.12. The Balaban J connectivity index is 1.24. The van der Waals surface area contributed by atoms with Gasteiger partial charge in [-0.3, -0.25) is 0 Å². The van der Waals surface area contributed by atoms with Crippen molar-refractivity contribution >= 4 is 11.0 Å². The van der Waals surface area contributed by atoms with Crippen LogP contribution in [0.25, 0.3) is 11.0 Å². The van der Waals surface area contributed by atoms with Crippen LogP contribution in [0.15, 0.2) is 48.8 Å². The number of nitrogens with zero attached hydrogens (tertiary/aromatic N) is 1. The molecular weight excluding hydrogens is 362 g/mol. The molecule has 1 aliphatic rings. The lowest BCUT2D eigenvalue weighted by Crippen LogP contribution is -2.37. The van der Waals surface area contributed by atoms with Crippen LogP contribution in [0, 0.1) is 0 Å². The monoisotopic (exact) mass is 393 g/mol. The van der Waals surface area contributed by atoms with E-state index in [0.717, 1.165) is 41.9 Å². The summed E-state index contributed by atoms with van der Waals surface area (Å²) >= 11 is 0. The van der Waals surface area contributed by atoms with E-state index in [1.165, 1.54) is 18.4 Å². The van der Waals surface area contributed by atoms with E-state index in [9.17, 15) is 0 Å². The number of fused-ring (bicyclic) bond motifs is 1. The van der Waals surface area contributed by atoms with Gasteiger partial charge in [-0.15, -0.1) is 0 Å². The third-order valence-corrected chi connectivity index (χ3v) is 5.34. The molecule has 0 atom stereocenters. The van der Waals surface area contributed by atoms with Crippen LogP contribution in [-0.4, -0.2) is 27.7 Å². The maximum Gasteiger partial charge on any atom is 0.129 e. The molecule has 5 nitrogen and oxygen atoms in total. The average molecular weight is 394 g/mol. The third kappa shape index (κ3) is 5.58. The number of imidazole rings is 1. The smallest absolute Gasteiger partial charge is 0.129 e. The highest BCUT2D eigenvalue weighted by molar-refractivity contribution is 5.76. The Morgan fingerprint density at radius 2 is 1.72 bits per heavy atom. The Kier molecular flexibility index (Phi) is 5.88. The zero-order valence-corrected chi connectivity index (χ0v) is 17.6. The summed E-state index contributed by atoms with van der Waals surface area (Å²) in [5.74, 6) is 1.65. The number of aromatic amines is 1. The SMILES string of the molecule is CC(C)(C)O[C@H]1CC[C@@H](NCc2ccc(Oc3ccc4nc[nH]c4c3)cc2)CC1. The van der Waals surface area contributed by atoms with Gasteiger partial charge in [0.2, 0.25) is 0 Å². The molecule has 0 saturated heterocycles. The van der Waals surface area contributed by atoms with Crippen molar-refractivity contribution in [2.75, 3.05) is 0 Å². The van der Waals surface area contributed by atoms with Gasteiger partial charge in [-0.25, -0.2) is 4.98 Å². The number of H-pyrrole nitrogens is 1. The molecule has 0 bridgehead atoms. The van der Waals surface area contributed by atoms with Gasteiger partial charge in [0.25, 0.3) is 0 Å². The predicted molar refractivity (Wildman–Crippen MR) is 116 cm³/mol. The second kappa shape index (κ2) is 8.56. The number of aromatic nitrogens is 2. The van der Waals surface area contributed by atoms with Gasteiger partial charge in [-0.1, -0.05) is 12.1 Å². The molecule has 2 aromatic carbocycles. The van der Waals surface area contributed by atoms with Crippen LogP contribution in [0.3, 0.4) is 0 Å². The van der Waals surface area contributed by atoms with Crippen molar-refractivity contribution < 1.29 is 9.47 Å². The third-order valence-electron chi connectivity index (χ3n) is 5.34. The number of hydrogen-bond donors (Lipinski definition) is 2. The number of ether oxygens (including phenoxy) is 2. The highest BCUT2D eigenvalue weighted by atomic mass is 16.5. The van der Waals surface area contributed by atoms with Crippen LogP contribution in [0.5, 0.6) is 11.5 Å². The van der Waals surface area contributed by atoms with Crippen LogP contribution < -0.4 is 10.1 Å². The fraction of sp³-hybridized carbons (Fsp3) is 0.458. The highest BCUT2D eigenvalue weighted by Crippen LogP contribution is 2.26. The fourth-order valence-corrected chi connectivity index (χ4v) is 3.94. The van der Waals surface area contributed by atoms with E-state index in [-0.39, 0.29) is 5.60 Å². The maximum atomic E-state index is 6.12. The van der Waals surface area contributed by atoms with E-state index < -0.39 is 0 Å². The molecule has 4 rings (SSSR count). The molecular formula is C24H31N3O2. The van der Waals surface area contributed by atoms with E-state index in [1.54, 1.807) is 6.33 Å². The summed E-state index contributed by atoms with van der Waals surface area (Å²) in [5.41, 5.74) is 3.15. The lowest BCUT2D eigenvalue weighted by Gasteiger charge is -2.33. The predicted octanol–water partition coefficient (Wildman–Crippen LogP) is 5.57. The fourth-order valence-electron chi connectivity index (χ4n) is 3.94. The van der Waals surface area contributed by atoms with Crippen molar-refractivity contribution in [1.82, 2.24) is 15.3 Å². The van der Waals surface area contributed by atoms with Crippen molar-refractivity contribution in [3.8, 4) is 11.5 Å². The number of nitrogens with one attached hydrogen (secondary N) is 2. The van der Waals surface area contributed by atoms with E-state index in [4.69, 9.17) is 9.47 Å². The summed E-state index contributed by atoms with van der Waals surface area (Å²) in [7, 11) is 0. The second-order valence-corrected chi connectivity index (χ2v) is 8.91. The van der Waals surface area contributed by atoms with Crippen LogP contribution in [-0.2, 0) is 11.3 Å².